The van der Waals surface area contributed by atoms with Gasteiger partial charge in [-0.1, -0.05) is 19.1 Å². The fourth-order valence-electron chi connectivity index (χ4n) is 0.888. The Morgan fingerprint density at radius 1 is 1.42 bits per heavy atom. The summed E-state index contributed by atoms with van der Waals surface area (Å²) < 4.78 is 4.80. The number of carbonyl (C=O) groups excluding carboxylic acids is 1. The first kappa shape index (κ1) is 14.2. The largest absolute Gasteiger partial charge is 0.466 e. The molecule has 0 heterocycles. The second-order valence-electron chi connectivity index (χ2n) is 3.09. The lowest BCUT2D eigenvalue weighted by Crippen LogP contribution is -2.05. The van der Waals surface area contributed by atoms with Gasteiger partial charge in [-0.25, -0.2) is 0 Å². The minimum Gasteiger partial charge on any atom is -0.466 e. The summed E-state index contributed by atoms with van der Waals surface area (Å²) in [6.45, 7) is 6.95. The van der Waals surface area contributed by atoms with Gasteiger partial charge < -0.3 is 4.74 Å². The number of hydrogen-bond acceptors (Lipinski definition) is 2. The molecule has 0 bridgehead atoms. The molecule has 0 rings (SSSR count). The predicted octanol–water partition coefficient (Wildman–Crippen LogP) is 1.97. The van der Waals surface area contributed by atoms with Crippen LogP contribution in [0.4, 0.5) is 4.70 Å². The van der Waals surface area contributed by atoms with Crippen LogP contribution in [0.2, 0.25) is 19.1 Å². The van der Waals surface area contributed by atoms with Gasteiger partial charge in [-0.2, -0.15) is 0 Å². The van der Waals surface area contributed by atoms with Crippen LogP contribution >= 0.6 is 0 Å². The van der Waals surface area contributed by atoms with Gasteiger partial charge in [0.1, 0.15) is 0 Å². The van der Waals surface area contributed by atoms with Crippen molar-refractivity contribution in [3.63, 3.8) is 0 Å². The Kier molecular flexibility index (Phi) is 10.3. The summed E-state index contributed by atoms with van der Waals surface area (Å²) in [5.74, 6) is -0.0397. The van der Waals surface area contributed by atoms with Crippen LogP contribution in [0.25, 0.3) is 0 Å². The average Bonchev–Trinajstić information content (AvgIpc) is 1.87. The van der Waals surface area contributed by atoms with Crippen molar-refractivity contribution in [3.05, 3.63) is 0 Å². The molecular weight excluding hydrogens is 175 g/mol. The third-order valence-electron chi connectivity index (χ3n) is 1.47. The maximum atomic E-state index is 10.8. The van der Waals surface area contributed by atoms with Crippen LogP contribution in [0.3, 0.4) is 0 Å². The van der Waals surface area contributed by atoms with Crippen molar-refractivity contribution in [2.75, 3.05) is 6.61 Å². The third-order valence-corrected chi connectivity index (χ3v) is 3.03. The Morgan fingerprint density at radius 3 is 2.42 bits per heavy atom. The molecule has 12 heavy (non-hydrogen) atoms. The van der Waals surface area contributed by atoms with Crippen LogP contribution in [0.5, 0.6) is 0 Å². The monoisotopic (exact) mass is 194 g/mol. The van der Waals surface area contributed by atoms with Gasteiger partial charge in [0.2, 0.25) is 0 Å². The fourth-order valence-corrected chi connectivity index (χ4v) is 1.91. The van der Waals surface area contributed by atoms with Gasteiger partial charge in [-0.3, -0.25) is 9.50 Å². The van der Waals surface area contributed by atoms with Crippen LogP contribution < -0.4 is 0 Å². The first-order valence-corrected chi connectivity index (χ1v) is 7.45. The third kappa shape index (κ3) is 9.62. The van der Waals surface area contributed by atoms with Gasteiger partial charge in [-0.15, -0.1) is 0 Å². The molecule has 0 spiro atoms. The Bertz CT molecular complexity index is 118. The van der Waals surface area contributed by atoms with E-state index in [1.54, 1.807) is 0 Å². The van der Waals surface area contributed by atoms with Crippen LogP contribution in [0.1, 0.15) is 19.8 Å². The maximum Gasteiger partial charge on any atom is 0.305 e. The van der Waals surface area contributed by atoms with E-state index in [0.29, 0.717) is 13.0 Å². The molecule has 74 valence electrons. The van der Waals surface area contributed by atoms with Crippen molar-refractivity contribution in [1.29, 1.82) is 0 Å². The zero-order chi connectivity index (χ0) is 8.69. The first-order chi connectivity index (χ1) is 5.16. The molecule has 0 radical (unpaired) electrons. The van der Waals surface area contributed by atoms with E-state index in [1.165, 1.54) is 6.04 Å². The van der Waals surface area contributed by atoms with Gasteiger partial charge in [0.15, 0.2) is 0 Å². The van der Waals surface area contributed by atoms with Gasteiger partial charge >= 0.3 is 5.97 Å². The lowest BCUT2D eigenvalue weighted by Gasteiger charge is -2.02. The molecule has 0 atom stereocenters. The molecular formula is C8H19FO2Si. The van der Waals surface area contributed by atoms with Crippen LogP contribution in [-0.2, 0) is 9.53 Å². The van der Waals surface area contributed by atoms with E-state index in [4.69, 9.17) is 4.74 Å². The average molecular weight is 194 g/mol. The van der Waals surface area contributed by atoms with E-state index in [1.807, 2.05) is 6.92 Å². The Morgan fingerprint density at radius 2 is 2.00 bits per heavy atom. The fraction of sp³-hybridized carbons (Fsp3) is 0.875. The minimum absolute atomic E-state index is 0. The van der Waals surface area contributed by atoms with Gasteiger partial charge in [-0.05, 0) is 13.3 Å². The zero-order valence-corrected chi connectivity index (χ0v) is 9.29. The van der Waals surface area contributed by atoms with Crippen molar-refractivity contribution >= 4 is 14.8 Å². The molecule has 2 nitrogen and oxygen atoms in total. The molecule has 0 aromatic carbocycles. The highest BCUT2D eigenvalue weighted by Gasteiger charge is 2.02. The summed E-state index contributed by atoms with van der Waals surface area (Å²) in [6.07, 6.45) is 1.63. The first-order valence-electron chi connectivity index (χ1n) is 4.32. The second-order valence-corrected chi connectivity index (χ2v) is 6.46. The molecule has 0 aromatic rings. The number of halogens is 1. The van der Waals surface area contributed by atoms with Gasteiger partial charge in [0.25, 0.3) is 0 Å². The van der Waals surface area contributed by atoms with E-state index < -0.39 is 8.80 Å². The normalized spacial score (nSPS) is 9.33. The van der Waals surface area contributed by atoms with Crippen molar-refractivity contribution in [3.8, 4) is 0 Å². The minimum atomic E-state index is -0.457. The Balaban J connectivity index is 0. The summed E-state index contributed by atoms with van der Waals surface area (Å²) in [6, 6.07) is 1.25. The van der Waals surface area contributed by atoms with E-state index in [2.05, 4.69) is 13.1 Å². The second kappa shape index (κ2) is 8.71. The zero-order valence-electron chi connectivity index (χ0n) is 8.13. The molecule has 0 aliphatic rings. The van der Waals surface area contributed by atoms with Crippen molar-refractivity contribution < 1.29 is 14.2 Å². The smallest absolute Gasteiger partial charge is 0.305 e. The van der Waals surface area contributed by atoms with E-state index in [0.717, 1.165) is 6.42 Å². The number of carbonyl (C=O) groups is 1. The van der Waals surface area contributed by atoms with Crippen LogP contribution in [0, 0.1) is 0 Å². The molecule has 0 amide bonds. The SMILES string of the molecule is CCOC(=O)CCC[SiH](C)C.F. The Labute approximate surface area is 75.3 Å². The topological polar surface area (TPSA) is 26.3 Å². The quantitative estimate of drug-likeness (QED) is 0.494. The standard InChI is InChI=1S/C8H18O2Si.FH/c1-4-10-8(9)6-5-7-11(2)3;/h11H,4-7H2,1-3H3;1H. The van der Waals surface area contributed by atoms with E-state index in [-0.39, 0.29) is 10.7 Å². The molecule has 0 N–H and O–H groups in total. The molecule has 0 saturated carbocycles. The summed E-state index contributed by atoms with van der Waals surface area (Å²) in [4.78, 5) is 10.8. The van der Waals surface area contributed by atoms with Gasteiger partial charge in [0, 0.05) is 15.2 Å². The summed E-state index contributed by atoms with van der Waals surface area (Å²) in [7, 11) is -0.457. The van der Waals surface area contributed by atoms with Gasteiger partial charge in [0.05, 0.1) is 6.61 Å². The lowest BCUT2D eigenvalue weighted by molar-refractivity contribution is -0.143. The van der Waals surface area contributed by atoms with E-state index >= 15 is 0 Å². The van der Waals surface area contributed by atoms with Crippen LogP contribution in [-0.4, -0.2) is 21.4 Å². The Hall–Kier alpha value is -0.383. The maximum absolute atomic E-state index is 10.8. The number of rotatable bonds is 5. The highest BCUT2D eigenvalue weighted by atomic mass is 28.3. The predicted molar refractivity (Wildman–Crippen MR) is 52.1 cm³/mol. The van der Waals surface area contributed by atoms with Crippen molar-refractivity contribution in [1.82, 2.24) is 0 Å². The van der Waals surface area contributed by atoms with Crippen molar-refractivity contribution in [2.24, 2.45) is 0 Å². The summed E-state index contributed by atoms with van der Waals surface area (Å²) >= 11 is 0. The molecule has 0 aromatic heterocycles. The van der Waals surface area contributed by atoms with Crippen LogP contribution in [0.15, 0.2) is 0 Å². The molecule has 0 aliphatic heterocycles. The molecule has 0 fully saturated rings. The molecule has 0 aliphatic carbocycles. The number of hydrogen-bond donors (Lipinski definition) is 0. The lowest BCUT2D eigenvalue weighted by atomic mass is 10.3. The highest BCUT2D eigenvalue weighted by molar-refractivity contribution is 6.55. The molecule has 4 heteroatoms. The number of ether oxygens (including phenoxy) is 1. The molecule has 0 unspecified atom stereocenters. The van der Waals surface area contributed by atoms with Crippen molar-refractivity contribution in [2.45, 2.75) is 38.9 Å². The number of esters is 1. The van der Waals surface area contributed by atoms with E-state index in [9.17, 15) is 4.79 Å². The summed E-state index contributed by atoms with van der Waals surface area (Å²) in [5.41, 5.74) is 0. The molecule has 0 saturated heterocycles. The highest BCUT2D eigenvalue weighted by Crippen LogP contribution is 2.02. The summed E-state index contributed by atoms with van der Waals surface area (Å²) in [5, 5.41) is 0.